The molecule has 0 saturated carbocycles. The highest BCUT2D eigenvalue weighted by Crippen LogP contribution is 2.37. The van der Waals surface area contributed by atoms with Crippen molar-refractivity contribution < 1.29 is 17.6 Å². The molecule has 0 spiro atoms. The van der Waals surface area contributed by atoms with Crippen LogP contribution in [0.25, 0.3) is 0 Å². The first-order valence-corrected chi connectivity index (χ1v) is 14.4. The number of carbonyl (C=O) groups is 1. The van der Waals surface area contributed by atoms with Gasteiger partial charge in [-0.2, -0.15) is 0 Å². The molecule has 0 unspecified atom stereocenters. The van der Waals surface area contributed by atoms with Gasteiger partial charge < -0.3 is 9.80 Å². The molecule has 9 heteroatoms. The molecule has 196 valence electrons. The van der Waals surface area contributed by atoms with E-state index in [1.165, 1.54) is 10.4 Å². The van der Waals surface area contributed by atoms with E-state index in [1.54, 1.807) is 19.9 Å². The highest BCUT2D eigenvalue weighted by atomic mass is 35.5. The van der Waals surface area contributed by atoms with E-state index in [2.05, 4.69) is 4.90 Å². The number of sulfonamides is 1. The predicted molar refractivity (Wildman–Crippen MR) is 143 cm³/mol. The zero-order valence-electron chi connectivity index (χ0n) is 21.4. The third kappa shape index (κ3) is 5.41. The third-order valence-corrected chi connectivity index (χ3v) is 9.98. The fourth-order valence-electron chi connectivity index (χ4n) is 5.33. The Morgan fingerprint density at radius 3 is 2.36 bits per heavy atom. The van der Waals surface area contributed by atoms with Crippen molar-refractivity contribution in [3.8, 4) is 0 Å². The van der Waals surface area contributed by atoms with Crippen molar-refractivity contribution in [3.63, 3.8) is 0 Å². The van der Waals surface area contributed by atoms with E-state index in [0.29, 0.717) is 43.2 Å². The second-order valence-electron chi connectivity index (χ2n) is 10.2. The van der Waals surface area contributed by atoms with E-state index in [4.69, 9.17) is 11.6 Å². The Kier molecular flexibility index (Phi) is 7.98. The van der Waals surface area contributed by atoms with Gasteiger partial charge >= 0.3 is 0 Å². The maximum absolute atomic E-state index is 15.0. The summed E-state index contributed by atoms with van der Waals surface area (Å²) in [6.07, 6.45) is 0.407. The molecular weight excluding hydrogens is 501 g/mol. The quantitative estimate of drug-likeness (QED) is 0.562. The minimum atomic E-state index is -3.53. The molecule has 0 aromatic heterocycles. The molecule has 6 nitrogen and oxygen atoms in total. The second kappa shape index (κ2) is 10.7. The highest BCUT2D eigenvalue weighted by Gasteiger charge is 2.42. The van der Waals surface area contributed by atoms with Crippen LogP contribution in [-0.2, 0) is 14.8 Å². The maximum atomic E-state index is 15.0. The topological polar surface area (TPSA) is 60.9 Å². The number of carbonyl (C=O) groups excluding carboxylic acids is 1. The maximum Gasteiger partial charge on any atom is 0.227 e. The molecular formula is C27H35ClFN3O3S. The average molecular weight is 536 g/mol. The molecule has 0 aliphatic carbocycles. The molecule has 4 rings (SSSR count). The van der Waals surface area contributed by atoms with Gasteiger partial charge in [0.15, 0.2) is 0 Å². The van der Waals surface area contributed by atoms with Crippen LogP contribution in [0.4, 0.5) is 10.1 Å². The number of amides is 1. The lowest BCUT2D eigenvalue weighted by atomic mass is 9.79. The Morgan fingerprint density at radius 2 is 1.72 bits per heavy atom. The lowest BCUT2D eigenvalue weighted by Gasteiger charge is -2.42. The van der Waals surface area contributed by atoms with Crippen molar-refractivity contribution >= 4 is 33.2 Å². The van der Waals surface area contributed by atoms with Gasteiger partial charge in [-0.05, 0) is 69.0 Å². The number of anilines is 1. The van der Waals surface area contributed by atoms with Gasteiger partial charge in [0, 0.05) is 55.9 Å². The van der Waals surface area contributed by atoms with E-state index in [-0.39, 0.29) is 30.7 Å². The normalized spacial score (nSPS) is 21.8. The Bertz CT molecular complexity index is 1230. The molecule has 1 amide bonds. The number of hydrogen-bond acceptors (Lipinski definition) is 4. The smallest absolute Gasteiger partial charge is 0.227 e. The van der Waals surface area contributed by atoms with Crippen LogP contribution in [-0.4, -0.2) is 68.0 Å². The molecule has 2 atom stereocenters. The monoisotopic (exact) mass is 535 g/mol. The number of piperidine rings is 1. The summed E-state index contributed by atoms with van der Waals surface area (Å²) >= 11 is 6.21. The average Bonchev–Trinajstić information content (AvgIpc) is 2.85. The van der Waals surface area contributed by atoms with Crippen molar-refractivity contribution in [2.24, 2.45) is 5.92 Å². The van der Waals surface area contributed by atoms with Gasteiger partial charge in [0.05, 0.1) is 11.2 Å². The predicted octanol–water partition coefficient (Wildman–Crippen LogP) is 4.59. The summed E-state index contributed by atoms with van der Waals surface area (Å²) in [7, 11) is -3.53. The van der Waals surface area contributed by atoms with Crippen molar-refractivity contribution in [2.45, 2.75) is 45.3 Å². The molecule has 2 fully saturated rings. The number of halogens is 2. The summed E-state index contributed by atoms with van der Waals surface area (Å²) in [6, 6.07) is 10.9. The van der Waals surface area contributed by atoms with Gasteiger partial charge in [-0.1, -0.05) is 29.8 Å². The highest BCUT2D eigenvalue weighted by molar-refractivity contribution is 7.89. The van der Waals surface area contributed by atoms with Crippen LogP contribution in [0.3, 0.4) is 0 Å². The van der Waals surface area contributed by atoms with Gasteiger partial charge in [-0.15, -0.1) is 0 Å². The molecule has 2 saturated heterocycles. The first-order valence-electron chi connectivity index (χ1n) is 12.5. The molecule has 2 aromatic rings. The van der Waals surface area contributed by atoms with Gasteiger partial charge in [0.2, 0.25) is 15.9 Å². The van der Waals surface area contributed by atoms with Crippen LogP contribution in [0, 0.1) is 25.6 Å². The minimum absolute atomic E-state index is 0.0744. The van der Waals surface area contributed by atoms with E-state index < -0.39 is 21.2 Å². The Hall–Kier alpha value is -2.16. The largest absolute Gasteiger partial charge is 0.368 e. The standard InChI is InChI=1S/C27H35ClFN3O3S/c1-18(2)36(34,35)32-10-9-22(23-8-5-19(3)15-25(23)29)24(17-32)27(33)31-13-11-30(12-14-31)26-16-21(28)7-6-20(26)4/h5-8,15-16,18,22,24H,9-14,17H2,1-4H3/t22-,24-/m0/s1. The molecule has 0 bridgehead atoms. The summed E-state index contributed by atoms with van der Waals surface area (Å²) in [5.41, 5.74) is 3.48. The van der Waals surface area contributed by atoms with E-state index in [0.717, 1.165) is 16.8 Å². The van der Waals surface area contributed by atoms with Crippen LogP contribution < -0.4 is 4.90 Å². The molecule has 2 aliphatic rings. The number of aryl methyl sites for hydroxylation is 2. The minimum Gasteiger partial charge on any atom is -0.368 e. The van der Waals surface area contributed by atoms with Crippen molar-refractivity contribution in [3.05, 3.63) is 63.9 Å². The first-order chi connectivity index (χ1) is 17.0. The molecule has 2 aromatic carbocycles. The van der Waals surface area contributed by atoms with Crippen LogP contribution >= 0.6 is 11.6 Å². The van der Waals surface area contributed by atoms with Crippen LogP contribution in [0.1, 0.15) is 42.9 Å². The molecule has 36 heavy (non-hydrogen) atoms. The lowest BCUT2D eigenvalue weighted by molar-refractivity contribution is -0.137. The summed E-state index contributed by atoms with van der Waals surface area (Å²) in [4.78, 5) is 17.9. The van der Waals surface area contributed by atoms with Crippen LogP contribution in [0.15, 0.2) is 36.4 Å². The summed E-state index contributed by atoms with van der Waals surface area (Å²) < 4.78 is 42.3. The van der Waals surface area contributed by atoms with Crippen molar-refractivity contribution in [1.82, 2.24) is 9.21 Å². The van der Waals surface area contributed by atoms with Gasteiger partial charge in [0.25, 0.3) is 0 Å². The van der Waals surface area contributed by atoms with E-state index in [9.17, 15) is 13.2 Å². The molecule has 2 aliphatic heterocycles. The number of piperazine rings is 1. The third-order valence-electron chi connectivity index (χ3n) is 7.51. The van der Waals surface area contributed by atoms with Gasteiger partial charge in [-0.3, -0.25) is 4.79 Å². The Labute approximate surface area is 219 Å². The number of rotatable bonds is 5. The van der Waals surface area contributed by atoms with Gasteiger partial charge in [0.1, 0.15) is 5.82 Å². The van der Waals surface area contributed by atoms with E-state index in [1.807, 2.05) is 43.0 Å². The summed E-state index contributed by atoms with van der Waals surface area (Å²) in [5, 5.41) is 0.0936. The molecule has 0 N–H and O–H groups in total. The first kappa shape index (κ1) is 26.9. The Morgan fingerprint density at radius 1 is 1.03 bits per heavy atom. The fraction of sp³-hybridized carbons (Fsp3) is 0.519. The number of nitrogens with zero attached hydrogens (tertiary/aromatic N) is 3. The van der Waals surface area contributed by atoms with Gasteiger partial charge in [-0.25, -0.2) is 17.1 Å². The zero-order valence-corrected chi connectivity index (χ0v) is 22.9. The Balaban J connectivity index is 1.57. The number of benzene rings is 2. The lowest BCUT2D eigenvalue weighted by Crippen LogP contribution is -2.55. The number of hydrogen-bond donors (Lipinski definition) is 0. The van der Waals surface area contributed by atoms with Crippen molar-refractivity contribution in [1.29, 1.82) is 0 Å². The summed E-state index contributed by atoms with van der Waals surface area (Å²) in [6.45, 7) is 9.85. The summed E-state index contributed by atoms with van der Waals surface area (Å²) in [5.74, 6) is -1.45. The SMILES string of the molecule is Cc1ccc([C@@H]2CCN(S(=O)(=O)C(C)C)C[C@@H]2C(=O)N2CCN(c3cc(Cl)ccc3C)CC2)c(F)c1. The molecule has 2 heterocycles. The van der Waals surface area contributed by atoms with E-state index >= 15 is 4.39 Å². The zero-order chi connectivity index (χ0) is 26.2. The van der Waals surface area contributed by atoms with Crippen LogP contribution in [0.5, 0.6) is 0 Å². The van der Waals surface area contributed by atoms with Crippen molar-refractivity contribution in [2.75, 3.05) is 44.2 Å². The second-order valence-corrected chi connectivity index (χ2v) is 13.1. The molecule has 0 radical (unpaired) electrons. The van der Waals surface area contributed by atoms with Crippen LogP contribution in [0.2, 0.25) is 5.02 Å². The fourth-order valence-corrected chi connectivity index (χ4v) is 6.82.